The monoisotopic (exact) mass is 214 g/mol. The largest absolute Gasteiger partial charge is 0.270 e. The summed E-state index contributed by atoms with van der Waals surface area (Å²) in [6.07, 6.45) is 5.24. The fourth-order valence-corrected chi connectivity index (χ4v) is 1.39. The Morgan fingerprint density at radius 1 is 1.46 bits per heavy atom. The number of rotatable bonds is 2. The van der Waals surface area contributed by atoms with E-state index in [2.05, 4.69) is 11.3 Å². The standard InChI is InChI=1S/C9H8Cl2N2/c1-2-8(13-12)6-4-3-5-7(10)9(6)11/h1,3-5,8,13H,12H2. The second kappa shape index (κ2) is 4.50. The normalized spacial score (nSPS) is 12.2. The zero-order chi connectivity index (χ0) is 9.84. The maximum absolute atomic E-state index is 5.92. The lowest BCUT2D eigenvalue weighted by Crippen LogP contribution is -2.26. The molecule has 0 fully saturated rings. The minimum absolute atomic E-state index is 0.411. The molecule has 0 radical (unpaired) electrons. The van der Waals surface area contributed by atoms with E-state index in [-0.39, 0.29) is 0 Å². The van der Waals surface area contributed by atoms with Crippen LogP contribution in [0.1, 0.15) is 11.6 Å². The minimum Gasteiger partial charge on any atom is -0.270 e. The second-order valence-corrected chi connectivity index (χ2v) is 3.19. The molecule has 2 nitrogen and oxygen atoms in total. The number of terminal acetylenes is 1. The van der Waals surface area contributed by atoms with E-state index in [1.165, 1.54) is 0 Å². The Labute approximate surface area is 87.0 Å². The molecule has 0 heterocycles. The maximum Gasteiger partial charge on any atom is 0.108 e. The lowest BCUT2D eigenvalue weighted by Gasteiger charge is -2.11. The van der Waals surface area contributed by atoms with Crippen molar-refractivity contribution in [3.05, 3.63) is 33.8 Å². The van der Waals surface area contributed by atoms with E-state index >= 15 is 0 Å². The predicted molar refractivity (Wildman–Crippen MR) is 55.4 cm³/mol. The zero-order valence-electron chi connectivity index (χ0n) is 6.72. The van der Waals surface area contributed by atoms with Gasteiger partial charge in [0, 0.05) is 5.56 Å². The smallest absolute Gasteiger partial charge is 0.108 e. The Hall–Kier alpha value is -0.720. The highest BCUT2D eigenvalue weighted by Crippen LogP contribution is 2.29. The van der Waals surface area contributed by atoms with Crippen molar-refractivity contribution in [3.63, 3.8) is 0 Å². The number of nitrogens with two attached hydrogens (primary N) is 1. The van der Waals surface area contributed by atoms with E-state index in [0.29, 0.717) is 15.6 Å². The Bertz CT molecular complexity index is 344. The van der Waals surface area contributed by atoms with Gasteiger partial charge in [0.1, 0.15) is 6.04 Å². The van der Waals surface area contributed by atoms with E-state index in [9.17, 15) is 0 Å². The van der Waals surface area contributed by atoms with E-state index < -0.39 is 6.04 Å². The summed E-state index contributed by atoms with van der Waals surface area (Å²) >= 11 is 11.7. The van der Waals surface area contributed by atoms with Crippen molar-refractivity contribution < 1.29 is 0 Å². The van der Waals surface area contributed by atoms with E-state index in [4.69, 9.17) is 35.5 Å². The molecule has 0 aromatic heterocycles. The first-order valence-electron chi connectivity index (χ1n) is 3.57. The van der Waals surface area contributed by atoms with Crippen molar-refractivity contribution in [2.75, 3.05) is 0 Å². The Morgan fingerprint density at radius 2 is 2.15 bits per heavy atom. The molecule has 0 amide bonds. The Kier molecular flexibility index (Phi) is 3.58. The van der Waals surface area contributed by atoms with Gasteiger partial charge in [-0.15, -0.1) is 6.42 Å². The fourth-order valence-electron chi connectivity index (χ4n) is 0.971. The van der Waals surface area contributed by atoms with Crippen LogP contribution >= 0.6 is 23.2 Å². The molecule has 1 atom stereocenters. The molecule has 0 spiro atoms. The zero-order valence-corrected chi connectivity index (χ0v) is 8.23. The van der Waals surface area contributed by atoms with Gasteiger partial charge < -0.3 is 0 Å². The highest BCUT2D eigenvalue weighted by molar-refractivity contribution is 6.42. The third-order valence-corrected chi connectivity index (χ3v) is 2.46. The van der Waals surface area contributed by atoms with Crippen LogP contribution in [-0.2, 0) is 0 Å². The van der Waals surface area contributed by atoms with Crippen LogP contribution in [0.15, 0.2) is 18.2 Å². The number of benzene rings is 1. The molecule has 1 aromatic carbocycles. The summed E-state index contributed by atoms with van der Waals surface area (Å²) < 4.78 is 0. The molecular weight excluding hydrogens is 207 g/mol. The third-order valence-electron chi connectivity index (χ3n) is 1.63. The van der Waals surface area contributed by atoms with Crippen molar-refractivity contribution in [2.24, 2.45) is 5.84 Å². The highest BCUT2D eigenvalue weighted by Gasteiger charge is 2.11. The van der Waals surface area contributed by atoms with Crippen LogP contribution in [0.3, 0.4) is 0 Å². The fraction of sp³-hybridized carbons (Fsp3) is 0.111. The number of hydrogen-bond acceptors (Lipinski definition) is 2. The summed E-state index contributed by atoms with van der Waals surface area (Å²) in [4.78, 5) is 0. The molecule has 1 unspecified atom stereocenters. The molecule has 0 aliphatic carbocycles. The summed E-state index contributed by atoms with van der Waals surface area (Å²) in [6, 6.07) is 4.83. The van der Waals surface area contributed by atoms with Gasteiger partial charge in [0.2, 0.25) is 0 Å². The second-order valence-electron chi connectivity index (χ2n) is 2.41. The minimum atomic E-state index is -0.411. The van der Waals surface area contributed by atoms with Crippen molar-refractivity contribution in [3.8, 4) is 12.3 Å². The Morgan fingerprint density at radius 3 is 2.69 bits per heavy atom. The van der Waals surface area contributed by atoms with Crippen LogP contribution in [0.5, 0.6) is 0 Å². The van der Waals surface area contributed by atoms with Crippen LogP contribution in [0.25, 0.3) is 0 Å². The van der Waals surface area contributed by atoms with Crippen LogP contribution in [0.4, 0.5) is 0 Å². The van der Waals surface area contributed by atoms with E-state index in [1.807, 2.05) is 0 Å². The molecule has 13 heavy (non-hydrogen) atoms. The van der Waals surface area contributed by atoms with Crippen LogP contribution < -0.4 is 11.3 Å². The van der Waals surface area contributed by atoms with Crippen LogP contribution in [-0.4, -0.2) is 0 Å². The molecule has 0 aliphatic heterocycles. The molecule has 1 rings (SSSR count). The predicted octanol–water partition coefficient (Wildman–Crippen LogP) is 2.13. The van der Waals surface area contributed by atoms with Crippen LogP contribution in [0, 0.1) is 12.3 Å². The van der Waals surface area contributed by atoms with Gasteiger partial charge in [-0.05, 0) is 6.07 Å². The van der Waals surface area contributed by atoms with E-state index in [0.717, 1.165) is 0 Å². The topological polar surface area (TPSA) is 38.0 Å². The number of halogens is 2. The average molecular weight is 215 g/mol. The van der Waals surface area contributed by atoms with Crippen molar-refractivity contribution in [2.45, 2.75) is 6.04 Å². The first-order chi connectivity index (χ1) is 6.20. The van der Waals surface area contributed by atoms with Crippen molar-refractivity contribution in [1.82, 2.24) is 5.43 Å². The SMILES string of the molecule is C#CC(NN)c1cccc(Cl)c1Cl. The molecular formula is C9H8Cl2N2. The number of nitrogens with one attached hydrogen (secondary N) is 1. The summed E-state index contributed by atoms with van der Waals surface area (Å²) in [6.45, 7) is 0. The van der Waals surface area contributed by atoms with Gasteiger partial charge in [-0.2, -0.15) is 0 Å². The number of hydrazine groups is 1. The lowest BCUT2D eigenvalue weighted by atomic mass is 10.1. The van der Waals surface area contributed by atoms with Crippen LogP contribution in [0.2, 0.25) is 10.0 Å². The van der Waals surface area contributed by atoms with Gasteiger partial charge >= 0.3 is 0 Å². The molecule has 0 saturated carbocycles. The molecule has 1 aromatic rings. The van der Waals surface area contributed by atoms with Gasteiger partial charge in [-0.25, -0.2) is 5.43 Å². The van der Waals surface area contributed by atoms with E-state index in [1.54, 1.807) is 18.2 Å². The van der Waals surface area contributed by atoms with Crippen molar-refractivity contribution in [1.29, 1.82) is 0 Å². The first-order valence-corrected chi connectivity index (χ1v) is 4.32. The van der Waals surface area contributed by atoms with Gasteiger partial charge in [-0.3, -0.25) is 5.84 Å². The van der Waals surface area contributed by atoms with Crippen molar-refractivity contribution >= 4 is 23.2 Å². The summed E-state index contributed by atoms with van der Waals surface area (Å²) in [5.74, 6) is 7.70. The van der Waals surface area contributed by atoms with Gasteiger partial charge in [0.25, 0.3) is 0 Å². The quantitative estimate of drug-likeness (QED) is 0.450. The number of hydrogen-bond donors (Lipinski definition) is 2. The van der Waals surface area contributed by atoms with Gasteiger partial charge in [-0.1, -0.05) is 41.3 Å². The Balaban J connectivity index is 3.15. The lowest BCUT2D eigenvalue weighted by molar-refractivity contribution is 0.674. The molecule has 68 valence electrons. The summed E-state index contributed by atoms with van der Waals surface area (Å²) in [7, 11) is 0. The summed E-state index contributed by atoms with van der Waals surface area (Å²) in [5.41, 5.74) is 3.16. The third kappa shape index (κ3) is 2.15. The van der Waals surface area contributed by atoms with Gasteiger partial charge in [0.15, 0.2) is 0 Å². The maximum atomic E-state index is 5.92. The average Bonchev–Trinajstić information content (AvgIpc) is 2.14. The first kappa shape index (κ1) is 10.4. The highest BCUT2D eigenvalue weighted by atomic mass is 35.5. The molecule has 0 bridgehead atoms. The van der Waals surface area contributed by atoms with Gasteiger partial charge in [0.05, 0.1) is 10.0 Å². The molecule has 0 saturated heterocycles. The summed E-state index contributed by atoms with van der Waals surface area (Å²) in [5, 5.41) is 0.903. The molecule has 4 heteroatoms. The molecule has 0 aliphatic rings. The molecule has 3 N–H and O–H groups in total.